The van der Waals surface area contributed by atoms with Crippen molar-refractivity contribution in [2.24, 2.45) is 5.92 Å². The van der Waals surface area contributed by atoms with E-state index in [1.165, 1.54) is 24.0 Å². The molecular weight excluding hydrogens is 303 g/mol. The Bertz CT molecular complexity index is 651. The number of rotatable bonds is 5. The second-order valence-corrected chi connectivity index (χ2v) is 6.89. The largest absolute Gasteiger partial charge is 0.508 e. The van der Waals surface area contributed by atoms with Crippen LogP contribution in [0.2, 0.25) is 0 Å². The van der Waals surface area contributed by atoms with Crippen molar-refractivity contribution in [1.82, 2.24) is 0 Å². The van der Waals surface area contributed by atoms with Crippen LogP contribution < -0.4 is 4.74 Å². The molecule has 0 spiro atoms. The molecule has 3 rings (SSSR count). The molecule has 0 aromatic heterocycles. The van der Waals surface area contributed by atoms with Gasteiger partial charge >= 0.3 is 0 Å². The highest BCUT2D eigenvalue weighted by Gasteiger charge is 2.38. The van der Waals surface area contributed by atoms with E-state index in [1.54, 1.807) is 12.1 Å². The number of aromatic hydroxyl groups is 1. The molecule has 2 nitrogen and oxygen atoms in total. The summed E-state index contributed by atoms with van der Waals surface area (Å²) in [5.74, 6) is 1.67. The molecule has 0 radical (unpaired) electrons. The van der Waals surface area contributed by atoms with E-state index in [0.717, 1.165) is 12.8 Å². The SMILES string of the molecule is CC1CCCC(c2ccc(O)cc2)(c2ccc(OCCF)cc2)C1. The summed E-state index contributed by atoms with van der Waals surface area (Å²) >= 11 is 0. The van der Waals surface area contributed by atoms with Gasteiger partial charge in [-0.3, -0.25) is 0 Å². The molecule has 0 bridgehead atoms. The summed E-state index contributed by atoms with van der Waals surface area (Å²) in [4.78, 5) is 0. The van der Waals surface area contributed by atoms with E-state index >= 15 is 0 Å². The molecular formula is C21H25FO2. The van der Waals surface area contributed by atoms with Gasteiger partial charge in [0.2, 0.25) is 0 Å². The van der Waals surface area contributed by atoms with Gasteiger partial charge in [-0.15, -0.1) is 0 Å². The van der Waals surface area contributed by atoms with Gasteiger partial charge in [0.25, 0.3) is 0 Å². The third kappa shape index (κ3) is 3.40. The van der Waals surface area contributed by atoms with E-state index in [2.05, 4.69) is 19.1 Å². The Morgan fingerprint density at radius 1 is 1.08 bits per heavy atom. The molecule has 0 aliphatic heterocycles. The predicted molar refractivity (Wildman–Crippen MR) is 94.4 cm³/mol. The summed E-state index contributed by atoms with van der Waals surface area (Å²) in [5.41, 5.74) is 2.50. The van der Waals surface area contributed by atoms with Gasteiger partial charge in [0.15, 0.2) is 0 Å². The minimum absolute atomic E-state index is 0.0238. The van der Waals surface area contributed by atoms with Crippen LogP contribution in [-0.2, 0) is 5.41 Å². The van der Waals surface area contributed by atoms with Crippen molar-refractivity contribution < 1.29 is 14.2 Å². The maximum absolute atomic E-state index is 12.3. The number of halogens is 1. The minimum Gasteiger partial charge on any atom is -0.508 e. The van der Waals surface area contributed by atoms with E-state index in [0.29, 0.717) is 17.4 Å². The minimum atomic E-state index is -0.475. The number of ether oxygens (including phenoxy) is 1. The highest BCUT2D eigenvalue weighted by Crippen LogP contribution is 2.47. The third-order valence-corrected chi connectivity index (χ3v) is 5.17. The highest BCUT2D eigenvalue weighted by molar-refractivity contribution is 5.43. The van der Waals surface area contributed by atoms with Crippen LogP contribution >= 0.6 is 0 Å². The van der Waals surface area contributed by atoms with E-state index in [-0.39, 0.29) is 12.0 Å². The first-order chi connectivity index (χ1) is 11.6. The fourth-order valence-electron chi connectivity index (χ4n) is 4.05. The zero-order chi connectivity index (χ0) is 17.0. The number of hydrogen-bond donors (Lipinski definition) is 1. The summed E-state index contributed by atoms with van der Waals surface area (Å²) in [5, 5.41) is 9.63. The maximum atomic E-state index is 12.3. The lowest BCUT2D eigenvalue weighted by molar-refractivity contribution is 0.268. The van der Waals surface area contributed by atoms with Crippen LogP contribution in [0.3, 0.4) is 0 Å². The normalized spacial score (nSPS) is 23.8. The van der Waals surface area contributed by atoms with E-state index in [9.17, 15) is 9.50 Å². The molecule has 24 heavy (non-hydrogen) atoms. The molecule has 0 heterocycles. The Morgan fingerprint density at radius 3 is 2.29 bits per heavy atom. The van der Waals surface area contributed by atoms with Gasteiger partial charge in [0.1, 0.15) is 24.8 Å². The average molecular weight is 328 g/mol. The number of phenolic OH excluding ortho intramolecular Hbond substituents is 1. The van der Waals surface area contributed by atoms with Crippen molar-refractivity contribution in [1.29, 1.82) is 0 Å². The Morgan fingerprint density at radius 2 is 1.71 bits per heavy atom. The zero-order valence-corrected chi connectivity index (χ0v) is 14.2. The lowest BCUT2D eigenvalue weighted by atomic mass is 9.62. The monoisotopic (exact) mass is 328 g/mol. The van der Waals surface area contributed by atoms with Crippen LogP contribution in [0.1, 0.15) is 43.7 Å². The van der Waals surface area contributed by atoms with Crippen molar-refractivity contribution in [2.75, 3.05) is 13.3 Å². The number of phenols is 1. The van der Waals surface area contributed by atoms with Crippen LogP contribution in [-0.4, -0.2) is 18.4 Å². The summed E-state index contributed by atoms with van der Waals surface area (Å²) in [6.07, 6.45) is 4.66. The summed E-state index contributed by atoms with van der Waals surface area (Å²) < 4.78 is 17.6. The highest BCUT2D eigenvalue weighted by atomic mass is 19.1. The second-order valence-electron chi connectivity index (χ2n) is 6.89. The number of alkyl halides is 1. The first kappa shape index (κ1) is 16.8. The first-order valence-electron chi connectivity index (χ1n) is 8.73. The molecule has 2 aromatic carbocycles. The molecule has 0 amide bonds. The van der Waals surface area contributed by atoms with Crippen molar-refractivity contribution in [3.8, 4) is 11.5 Å². The maximum Gasteiger partial charge on any atom is 0.123 e. The Kier molecular flexibility index (Phi) is 5.08. The Hall–Kier alpha value is -2.03. The van der Waals surface area contributed by atoms with E-state index in [4.69, 9.17) is 4.74 Å². The van der Waals surface area contributed by atoms with E-state index in [1.807, 2.05) is 24.3 Å². The summed E-state index contributed by atoms with van der Waals surface area (Å²) in [7, 11) is 0. The fourth-order valence-corrected chi connectivity index (χ4v) is 4.05. The second kappa shape index (κ2) is 7.25. The fraction of sp³-hybridized carbons (Fsp3) is 0.429. The molecule has 1 aliphatic rings. The summed E-state index contributed by atoms with van der Waals surface area (Å²) in [6, 6.07) is 15.7. The molecule has 2 aromatic rings. The van der Waals surface area contributed by atoms with Gasteiger partial charge in [-0.2, -0.15) is 0 Å². The van der Waals surface area contributed by atoms with Gasteiger partial charge in [-0.05, 0) is 54.2 Å². The predicted octanol–water partition coefficient (Wildman–Crippen LogP) is 5.24. The van der Waals surface area contributed by atoms with Gasteiger partial charge in [-0.1, -0.05) is 44.0 Å². The Balaban J connectivity index is 1.97. The van der Waals surface area contributed by atoms with Crippen LogP contribution in [0.25, 0.3) is 0 Å². The molecule has 1 saturated carbocycles. The molecule has 1 fully saturated rings. The molecule has 3 heteroatoms. The van der Waals surface area contributed by atoms with Crippen LogP contribution in [0.4, 0.5) is 4.39 Å². The number of benzene rings is 2. The van der Waals surface area contributed by atoms with Crippen molar-refractivity contribution in [3.05, 3.63) is 59.7 Å². The molecule has 128 valence electrons. The van der Waals surface area contributed by atoms with Gasteiger partial charge < -0.3 is 9.84 Å². The third-order valence-electron chi connectivity index (χ3n) is 5.17. The van der Waals surface area contributed by atoms with Crippen molar-refractivity contribution >= 4 is 0 Å². The Labute approximate surface area is 143 Å². The van der Waals surface area contributed by atoms with Gasteiger partial charge in [0, 0.05) is 5.41 Å². The lowest BCUT2D eigenvalue weighted by Crippen LogP contribution is -2.33. The van der Waals surface area contributed by atoms with Crippen molar-refractivity contribution in [2.45, 2.75) is 38.0 Å². The molecule has 2 unspecified atom stereocenters. The molecule has 2 atom stereocenters. The molecule has 1 aliphatic carbocycles. The quantitative estimate of drug-likeness (QED) is 0.813. The zero-order valence-electron chi connectivity index (χ0n) is 14.2. The summed E-state index contributed by atoms with van der Waals surface area (Å²) in [6.45, 7) is 1.93. The average Bonchev–Trinajstić information content (AvgIpc) is 2.61. The van der Waals surface area contributed by atoms with E-state index < -0.39 is 6.67 Å². The molecule has 1 N–H and O–H groups in total. The van der Waals surface area contributed by atoms with Crippen LogP contribution in [0.15, 0.2) is 48.5 Å². The standard InChI is InChI=1S/C21H25FO2/c1-16-3-2-12-21(15-16,17-4-8-19(23)9-5-17)18-6-10-20(11-7-18)24-14-13-22/h4-11,16,23H,2-3,12-15H2,1H3. The number of hydrogen-bond acceptors (Lipinski definition) is 2. The topological polar surface area (TPSA) is 29.5 Å². The van der Waals surface area contributed by atoms with Crippen LogP contribution in [0, 0.1) is 5.92 Å². The van der Waals surface area contributed by atoms with Gasteiger partial charge in [-0.25, -0.2) is 4.39 Å². The van der Waals surface area contributed by atoms with Crippen LogP contribution in [0.5, 0.6) is 11.5 Å². The first-order valence-corrected chi connectivity index (χ1v) is 8.73. The smallest absolute Gasteiger partial charge is 0.123 e. The van der Waals surface area contributed by atoms with Crippen molar-refractivity contribution in [3.63, 3.8) is 0 Å². The lowest BCUT2D eigenvalue weighted by Gasteiger charge is -2.41. The van der Waals surface area contributed by atoms with Gasteiger partial charge in [0.05, 0.1) is 0 Å². The molecule has 0 saturated heterocycles.